The van der Waals surface area contributed by atoms with Crippen molar-refractivity contribution in [2.45, 2.75) is 42.6 Å². The van der Waals surface area contributed by atoms with Crippen molar-refractivity contribution in [1.29, 1.82) is 0 Å². The summed E-state index contributed by atoms with van der Waals surface area (Å²) in [5.41, 5.74) is 1.64. The Balaban J connectivity index is 1.84. The van der Waals surface area contributed by atoms with Crippen molar-refractivity contribution in [3.63, 3.8) is 0 Å². The molecule has 1 heterocycles. The van der Waals surface area contributed by atoms with Crippen LogP contribution in [0, 0.1) is 5.92 Å². The van der Waals surface area contributed by atoms with Crippen LogP contribution in [-0.2, 0) is 0 Å². The van der Waals surface area contributed by atoms with Crippen LogP contribution in [0.15, 0.2) is 36.1 Å². The molecule has 0 aromatic carbocycles. The average molecular weight is 327 g/mol. The third kappa shape index (κ3) is 5.08. The highest BCUT2D eigenvalue weighted by Crippen LogP contribution is 2.40. The maximum Gasteiger partial charge on any atom is 0.0495 e. The van der Waals surface area contributed by atoms with Crippen molar-refractivity contribution >= 4 is 23.4 Å². The van der Waals surface area contributed by atoms with E-state index in [-0.39, 0.29) is 5.38 Å². The largest absolute Gasteiger partial charge is 0.390 e. The quantitative estimate of drug-likeness (QED) is 0.442. The fourth-order valence-electron chi connectivity index (χ4n) is 3.00. The molecule has 0 spiro atoms. The van der Waals surface area contributed by atoms with E-state index in [0.717, 1.165) is 26.1 Å². The van der Waals surface area contributed by atoms with Gasteiger partial charge in [0.15, 0.2) is 0 Å². The first kappa shape index (κ1) is 17.0. The van der Waals surface area contributed by atoms with Crippen LogP contribution in [0.25, 0.3) is 0 Å². The van der Waals surface area contributed by atoms with Crippen molar-refractivity contribution < 1.29 is 0 Å². The third-order valence-corrected chi connectivity index (χ3v) is 6.30. The predicted molar refractivity (Wildman–Crippen MR) is 96.1 cm³/mol. The molecule has 2 aliphatic rings. The lowest BCUT2D eigenvalue weighted by molar-refractivity contribution is 0.431. The Morgan fingerprint density at radius 1 is 1.52 bits per heavy atom. The number of allylic oxidation sites excluding steroid dienone is 4. The number of halogens is 1. The molecule has 2 N–H and O–H groups in total. The van der Waals surface area contributed by atoms with Crippen LogP contribution in [0.4, 0.5) is 0 Å². The molecule has 4 atom stereocenters. The molecule has 2 nitrogen and oxygen atoms in total. The second-order valence-electron chi connectivity index (χ2n) is 5.80. The highest BCUT2D eigenvalue weighted by Gasteiger charge is 2.36. The molecule has 1 aliphatic carbocycles. The third-order valence-electron chi connectivity index (χ3n) is 4.10. The summed E-state index contributed by atoms with van der Waals surface area (Å²) >= 11 is 8.66. The minimum Gasteiger partial charge on any atom is -0.390 e. The molecule has 21 heavy (non-hydrogen) atoms. The number of alkyl halides is 1. The summed E-state index contributed by atoms with van der Waals surface area (Å²) in [5.74, 6) is 0.626. The number of hydrogen-bond donors (Lipinski definition) is 2. The van der Waals surface area contributed by atoms with Crippen molar-refractivity contribution in [3.05, 3.63) is 36.1 Å². The molecule has 2 rings (SSSR count). The van der Waals surface area contributed by atoms with Crippen LogP contribution in [0.2, 0.25) is 0 Å². The van der Waals surface area contributed by atoms with Crippen LogP contribution >= 0.6 is 23.4 Å². The first-order valence-electron chi connectivity index (χ1n) is 7.92. The lowest BCUT2D eigenvalue weighted by atomic mass is 9.83. The first-order chi connectivity index (χ1) is 10.2. The predicted octanol–water partition coefficient (Wildman–Crippen LogP) is 3.70. The second kappa shape index (κ2) is 8.92. The second-order valence-corrected chi connectivity index (χ2v) is 7.98. The molecule has 1 saturated heterocycles. The van der Waals surface area contributed by atoms with E-state index >= 15 is 0 Å². The number of rotatable bonds is 6. The molecule has 0 aromatic rings. The zero-order valence-corrected chi connectivity index (χ0v) is 14.6. The fourth-order valence-corrected chi connectivity index (χ4v) is 4.92. The van der Waals surface area contributed by atoms with Gasteiger partial charge in [-0.15, -0.1) is 11.6 Å². The van der Waals surface area contributed by atoms with Gasteiger partial charge in [0.05, 0.1) is 0 Å². The minimum atomic E-state index is 0.268. The lowest BCUT2D eigenvalue weighted by Gasteiger charge is -2.39. The zero-order valence-electron chi connectivity index (χ0n) is 13.0. The molecule has 0 saturated carbocycles. The van der Waals surface area contributed by atoms with Crippen LogP contribution in [0.1, 0.15) is 26.7 Å². The molecule has 0 bridgehead atoms. The van der Waals surface area contributed by atoms with Gasteiger partial charge in [-0.3, -0.25) is 0 Å². The van der Waals surface area contributed by atoms with Gasteiger partial charge >= 0.3 is 0 Å². The van der Waals surface area contributed by atoms with E-state index in [2.05, 4.69) is 35.4 Å². The van der Waals surface area contributed by atoms with E-state index in [9.17, 15) is 0 Å². The van der Waals surface area contributed by atoms with Crippen molar-refractivity contribution in [1.82, 2.24) is 10.6 Å². The summed E-state index contributed by atoms with van der Waals surface area (Å²) in [6, 6.07) is 0. The maximum atomic E-state index is 6.61. The average Bonchev–Trinajstić information content (AvgIpc) is 2.50. The van der Waals surface area contributed by atoms with Gasteiger partial charge in [0.25, 0.3) is 0 Å². The van der Waals surface area contributed by atoms with Crippen molar-refractivity contribution in [3.8, 4) is 0 Å². The Morgan fingerprint density at radius 3 is 3.19 bits per heavy atom. The Kier molecular flexibility index (Phi) is 7.21. The van der Waals surface area contributed by atoms with Crippen molar-refractivity contribution in [2.24, 2.45) is 5.92 Å². The molecule has 118 valence electrons. The smallest absolute Gasteiger partial charge is 0.0495 e. The van der Waals surface area contributed by atoms with Gasteiger partial charge < -0.3 is 10.6 Å². The molecule has 0 aromatic heterocycles. The van der Waals surface area contributed by atoms with Gasteiger partial charge in [-0.1, -0.05) is 30.7 Å². The standard InChI is InChI=1S/C17H27ClN2S/c1-3-4-5-9-19-11-13(2)21-17-15-12-20-10-8-14(15)6-7-16(17)18/h3-6,9,13,15-17,19-20H,7-8,10-12H2,1-2H3/b4-3-,9-5-/t13-,15+,16-,17?/m0/s1. The van der Waals surface area contributed by atoms with Gasteiger partial charge in [-0.25, -0.2) is 0 Å². The highest BCUT2D eigenvalue weighted by molar-refractivity contribution is 8.00. The number of nitrogens with one attached hydrogen (secondary N) is 2. The highest BCUT2D eigenvalue weighted by atomic mass is 35.5. The number of piperidine rings is 1. The maximum absolute atomic E-state index is 6.61. The van der Waals surface area contributed by atoms with E-state index in [1.54, 1.807) is 5.57 Å². The molecular weight excluding hydrogens is 300 g/mol. The minimum absolute atomic E-state index is 0.268. The van der Waals surface area contributed by atoms with Gasteiger partial charge in [0.1, 0.15) is 0 Å². The summed E-state index contributed by atoms with van der Waals surface area (Å²) < 4.78 is 0. The van der Waals surface area contributed by atoms with Gasteiger partial charge in [0, 0.05) is 34.9 Å². The molecule has 0 radical (unpaired) electrons. The van der Waals surface area contributed by atoms with Crippen LogP contribution in [-0.4, -0.2) is 35.5 Å². The van der Waals surface area contributed by atoms with E-state index in [0.29, 0.717) is 16.4 Å². The molecule has 1 fully saturated rings. The first-order valence-corrected chi connectivity index (χ1v) is 9.30. The van der Waals surface area contributed by atoms with E-state index < -0.39 is 0 Å². The number of hydrogen-bond acceptors (Lipinski definition) is 3. The summed E-state index contributed by atoms with van der Waals surface area (Å²) in [4.78, 5) is 0. The Bertz CT molecular complexity index is 406. The molecular formula is C17H27ClN2S. The van der Waals surface area contributed by atoms with E-state index in [1.165, 1.54) is 6.42 Å². The monoisotopic (exact) mass is 326 g/mol. The molecule has 1 aliphatic heterocycles. The van der Waals surface area contributed by atoms with Gasteiger partial charge in [0.2, 0.25) is 0 Å². The Labute approximate surface area is 138 Å². The van der Waals surface area contributed by atoms with Crippen molar-refractivity contribution in [2.75, 3.05) is 19.6 Å². The summed E-state index contributed by atoms with van der Waals surface area (Å²) in [6.45, 7) is 7.51. The summed E-state index contributed by atoms with van der Waals surface area (Å²) in [7, 11) is 0. The Morgan fingerprint density at radius 2 is 2.38 bits per heavy atom. The van der Waals surface area contributed by atoms with Crippen LogP contribution in [0.5, 0.6) is 0 Å². The fraction of sp³-hybridized carbons (Fsp3) is 0.647. The topological polar surface area (TPSA) is 24.1 Å². The lowest BCUT2D eigenvalue weighted by Crippen LogP contribution is -2.43. The Hall–Kier alpha value is -0.380. The number of fused-ring (bicyclic) bond motifs is 1. The van der Waals surface area contributed by atoms with Gasteiger partial charge in [-0.2, -0.15) is 11.8 Å². The van der Waals surface area contributed by atoms with Crippen LogP contribution in [0.3, 0.4) is 0 Å². The SMILES string of the molecule is C/C=C\C=C/NC[C@H](C)SC1[C@@H]2CNCCC2=CC[C@@H]1Cl. The van der Waals surface area contributed by atoms with E-state index in [1.807, 2.05) is 31.4 Å². The van der Waals surface area contributed by atoms with E-state index in [4.69, 9.17) is 11.6 Å². The summed E-state index contributed by atoms with van der Waals surface area (Å²) in [5, 5.41) is 8.27. The molecule has 4 heteroatoms. The normalized spacial score (nSPS) is 31.2. The molecule has 1 unspecified atom stereocenters. The van der Waals surface area contributed by atoms with Gasteiger partial charge in [-0.05, 0) is 38.6 Å². The molecule has 0 amide bonds. The number of thioether (sulfide) groups is 1. The van der Waals surface area contributed by atoms with Crippen LogP contribution < -0.4 is 10.6 Å². The zero-order chi connectivity index (χ0) is 15.1. The summed E-state index contributed by atoms with van der Waals surface area (Å²) in [6.07, 6.45) is 12.7.